The molecule has 3 rings (SSSR count). The van der Waals surface area contributed by atoms with Crippen LogP contribution in [0.4, 0.5) is 4.39 Å². The molecule has 5 nitrogen and oxygen atoms in total. The second kappa shape index (κ2) is 9.19. The average Bonchev–Trinajstić information content (AvgIpc) is 3.15. The molecule has 0 spiro atoms. The molecule has 0 fully saturated rings. The first-order chi connectivity index (χ1) is 13.1. The van der Waals surface area contributed by atoms with Crippen LogP contribution in [-0.4, -0.2) is 29.3 Å². The van der Waals surface area contributed by atoms with E-state index in [0.29, 0.717) is 13.1 Å². The summed E-state index contributed by atoms with van der Waals surface area (Å²) in [6, 6.07) is 15.9. The normalized spacial score (nSPS) is 11.4. The zero-order valence-corrected chi connectivity index (χ0v) is 15.7. The molecule has 3 aromatic rings. The van der Waals surface area contributed by atoms with E-state index in [0.717, 1.165) is 34.3 Å². The highest BCUT2D eigenvalue weighted by Gasteiger charge is 2.03. The van der Waals surface area contributed by atoms with E-state index in [1.807, 2.05) is 36.5 Å². The standard InChI is InChI=1S/C20H21ClFN5/c1-23-20(25-14-15-2-4-16(21)5-3-15)24-12-10-18-11-13-27(26-18)19-8-6-17(22)7-9-19/h2-9,11,13H,10,12,14H2,1H3,(H2,23,24,25). The van der Waals surface area contributed by atoms with E-state index in [1.54, 1.807) is 23.9 Å². The number of hydrogen-bond donors (Lipinski definition) is 2. The van der Waals surface area contributed by atoms with Gasteiger partial charge in [-0.1, -0.05) is 23.7 Å². The molecule has 0 unspecified atom stereocenters. The van der Waals surface area contributed by atoms with Gasteiger partial charge in [-0.25, -0.2) is 9.07 Å². The van der Waals surface area contributed by atoms with Gasteiger partial charge in [-0.15, -0.1) is 0 Å². The summed E-state index contributed by atoms with van der Waals surface area (Å²) >= 11 is 5.90. The Kier molecular flexibility index (Phi) is 6.44. The topological polar surface area (TPSA) is 54.2 Å². The van der Waals surface area contributed by atoms with Crippen molar-refractivity contribution in [3.63, 3.8) is 0 Å². The molecule has 0 aliphatic rings. The quantitative estimate of drug-likeness (QED) is 0.503. The molecule has 1 heterocycles. The summed E-state index contributed by atoms with van der Waals surface area (Å²) < 4.78 is 14.7. The van der Waals surface area contributed by atoms with Crippen LogP contribution in [0, 0.1) is 5.82 Å². The van der Waals surface area contributed by atoms with Crippen molar-refractivity contribution in [3.8, 4) is 5.69 Å². The monoisotopic (exact) mass is 385 g/mol. The Morgan fingerprint density at radius 3 is 2.52 bits per heavy atom. The SMILES string of the molecule is CN=C(NCCc1ccn(-c2ccc(F)cc2)n1)NCc1ccc(Cl)cc1. The molecule has 0 aliphatic carbocycles. The highest BCUT2D eigenvalue weighted by molar-refractivity contribution is 6.30. The molecule has 27 heavy (non-hydrogen) atoms. The molecule has 0 radical (unpaired) electrons. The summed E-state index contributed by atoms with van der Waals surface area (Å²) in [5.41, 5.74) is 2.90. The fourth-order valence-electron chi connectivity index (χ4n) is 2.55. The minimum Gasteiger partial charge on any atom is -0.356 e. The van der Waals surface area contributed by atoms with Gasteiger partial charge < -0.3 is 10.6 Å². The van der Waals surface area contributed by atoms with Crippen LogP contribution in [0.15, 0.2) is 65.8 Å². The number of aliphatic imine (C=N–C) groups is 1. The number of hydrogen-bond acceptors (Lipinski definition) is 2. The van der Waals surface area contributed by atoms with E-state index in [2.05, 4.69) is 20.7 Å². The first kappa shape index (κ1) is 18.9. The van der Waals surface area contributed by atoms with E-state index in [4.69, 9.17) is 11.6 Å². The van der Waals surface area contributed by atoms with Crippen LogP contribution in [0.2, 0.25) is 5.02 Å². The van der Waals surface area contributed by atoms with Gasteiger partial charge in [-0.3, -0.25) is 4.99 Å². The Hall–Kier alpha value is -2.86. The third-order valence-electron chi connectivity index (χ3n) is 4.01. The summed E-state index contributed by atoms with van der Waals surface area (Å²) in [7, 11) is 1.74. The summed E-state index contributed by atoms with van der Waals surface area (Å²) in [6.45, 7) is 1.36. The predicted octanol–water partition coefficient (Wildman–Crippen LogP) is 3.57. The number of guanidine groups is 1. The van der Waals surface area contributed by atoms with E-state index in [-0.39, 0.29) is 5.82 Å². The number of halogens is 2. The summed E-state index contributed by atoms with van der Waals surface area (Å²) in [5, 5.41) is 11.8. The molecule has 140 valence electrons. The Morgan fingerprint density at radius 2 is 1.81 bits per heavy atom. The first-order valence-corrected chi connectivity index (χ1v) is 9.01. The minimum atomic E-state index is -0.257. The minimum absolute atomic E-state index is 0.257. The number of nitrogens with zero attached hydrogens (tertiary/aromatic N) is 3. The first-order valence-electron chi connectivity index (χ1n) is 8.63. The smallest absolute Gasteiger partial charge is 0.191 e. The average molecular weight is 386 g/mol. The van der Waals surface area contributed by atoms with Crippen LogP contribution < -0.4 is 10.6 Å². The lowest BCUT2D eigenvalue weighted by molar-refractivity contribution is 0.627. The van der Waals surface area contributed by atoms with Crippen molar-refractivity contribution in [2.75, 3.05) is 13.6 Å². The maximum atomic E-state index is 13.0. The van der Waals surface area contributed by atoms with Gasteiger partial charge in [0.2, 0.25) is 0 Å². The number of aromatic nitrogens is 2. The van der Waals surface area contributed by atoms with Crippen LogP contribution >= 0.6 is 11.6 Å². The van der Waals surface area contributed by atoms with Gasteiger partial charge in [-0.05, 0) is 48.0 Å². The summed E-state index contributed by atoms with van der Waals surface area (Å²) in [6.07, 6.45) is 2.62. The van der Waals surface area contributed by atoms with Crippen LogP contribution in [0.3, 0.4) is 0 Å². The molecule has 0 saturated heterocycles. The highest BCUT2D eigenvalue weighted by atomic mass is 35.5. The third kappa shape index (κ3) is 5.56. The lowest BCUT2D eigenvalue weighted by Crippen LogP contribution is -2.37. The van der Waals surface area contributed by atoms with Crippen LogP contribution in [0.25, 0.3) is 5.69 Å². The Bertz CT molecular complexity index is 887. The van der Waals surface area contributed by atoms with Crippen molar-refractivity contribution in [1.82, 2.24) is 20.4 Å². The van der Waals surface area contributed by atoms with Gasteiger partial charge >= 0.3 is 0 Å². The number of rotatable bonds is 6. The highest BCUT2D eigenvalue weighted by Crippen LogP contribution is 2.10. The van der Waals surface area contributed by atoms with Crippen molar-refractivity contribution in [1.29, 1.82) is 0 Å². The molecule has 7 heteroatoms. The zero-order valence-electron chi connectivity index (χ0n) is 15.0. The van der Waals surface area contributed by atoms with Gasteiger partial charge in [0.25, 0.3) is 0 Å². The zero-order chi connectivity index (χ0) is 19.1. The van der Waals surface area contributed by atoms with Crippen molar-refractivity contribution in [3.05, 3.63) is 82.9 Å². The number of nitrogens with one attached hydrogen (secondary N) is 2. The Labute approximate surface area is 162 Å². The molecular weight excluding hydrogens is 365 g/mol. The fraction of sp³-hybridized carbons (Fsp3) is 0.200. The van der Waals surface area contributed by atoms with Crippen LogP contribution in [0.1, 0.15) is 11.3 Å². The Balaban J connectivity index is 1.47. The van der Waals surface area contributed by atoms with E-state index in [1.165, 1.54) is 12.1 Å². The van der Waals surface area contributed by atoms with E-state index >= 15 is 0 Å². The maximum Gasteiger partial charge on any atom is 0.191 e. The molecule has 0 saturated carbocycles. The molecule has 2 aromatic carbocycles. The molecule has 1 aromatic heterocycles. The second-order valence-corrected chi connectivity index (χ2v) is 6.39. The van der Waals surface area contributed by atoms with Crippen LogP contribution in [0.5, 0.6) is 0 Å². The molecular formula is C20H21ClFN5. The number of benzene rings is 2. The lowest BCUT2D eigenvalue weighted by atomic mass is 10.2. The van der Waals surface area contributed by atoms with E-state index < -0.39 is 0 Å². The molecule has 0 bridgehead atoms. The molecule has 0 aliphatic heterocycles. The molecule has 0 atom stereocenters. The largest absolute Gasteiger partial charge is 0.356 e. The fourth-order valence-corrected chi connectivity index (χ4v) is 2.68. The Morgan fingerprint density at radius 1 is 1.07 bits per heavy atom. The van der Waals surface area contributed by atoms with Gasteiger partial charge in [-0.2, -0.15) is 5.10 Å². The van der Waals surface area contributed by atoms with Gasteiger partial charge in [0.1, 0.15) is 5.82 Å². The molecule has 0 amide bonds. The second-order valence-electron chi connectivity index (χ2n) is 5.96. The van der Waals surface area contributed by atoms with Gasteiger partial charge in [0.15, 0.2) is 5.96 Å². The van der Waals surface area contributed by atoms with Crippen molar-refractivity contribution < 1.29 is 4.39 Å². The predicted molar refractivity (Wildman–Crippen MR) is 107 cm³/mol. The lowest BCUT2D eigenvalue weighted by Gasteiger charge is -2.11. The van der Waals surface area contributed by atoms with E-state index in [9.17, 15) is 4.39 Å². The van der Waals surface area contributed by atoms with Crippen molar-refractivity contribution >= 4 is 17.6 Å². The summed E-state index contributed by atoms with van der Waals surface area (Å²) in [5.74, 6) is 0.468. The summed E-state index contributed by atoms with van der Waals surface area (Å²) in [4.78, 5) is 4.22. The van der Waals surface area contributed by atoms with Gasteiger partial charge in [0, 0.05) is 37.8 Å². The van der Waals surface area contributed by atoms with Crippen LogP contribution in [-0.2, 0) is 13.0 Å². The molecule has 2 N–H and O–H groups in total. The maximum absolute atomic E-state index is 13.0. The third-order valence-corrected chi connectivity index (χ3v) is 4.26. The van der Waals surface area contributed by atoms with Crippen molar-refractivity contribution in [2.45, 2.75) is 13.0 Å². The van der Waals surface area contributed by atoms with Crippen molar-refractivity contribution in [2.24, 2.45) is 4.99 Å². The van der Waals surface area contributed by atoms with Gasteiger partial charge in [0.05, 0.1) is 11.4 Å².